The number of phenols is 2. The van der Waals surface area contributed by atoms with Gasteiger partial charge in [-0.05, 0) is 60.2 Å². The average Bonchev–Trinajstić information content (AvgIpc) is 2.46. The molecule has 124 valence electrons. The fraction of sp³-hybridized carbons (Fsp3) is 0.250. The molecule has 0 spiro atoms. The van der Waals surface area contributed by atoms with Crippen LogP contribution in [0.3, 0.4) is 0 Å². The summed E-state index contributed by atoms with van der Waals surface area (Å²) in [6.07, 6.45) is 1.12. The van der Waals surface area contributed by atoms with Crippen LogP contribution in [-0.2, 0) is 11.0 Å². The van der Waals surface area contributed by atoms with Crippen LogP contribution in [0.25, 0.3) is 0 Å². The molecule has 1 unspecified atom stereocenters. The molecule has 0 heterocycles. The Hall–Kier alpha value is -2.01. The average molecular weight is 338 g/mol. The molecule has 0 amide bonds. The van der Waals surface area contributed by atoms with Gasteiger partial charge in [0.05, 0.1) is 0 Å². The molecule has 0 saturated carbocycles. The van der Waals surface area contributed by atoms with Crippen LogP contribution in [0.15, 0.2) is 42.5 Å². The van der Waals surface area contributed by atoms with Crippen molar-refractivity contribution in [1.82, 2.24) is 0 Å². The van der Waals surface area contributed by atoms with Gasteiger partial charge >= 0.3 is 7.82 Å². The Morgan fingerprint density at radius 3 is 2.43 bits per heavy atom. The second-order valence-electron chi connectivity index (χ2n) is 5.41. The smallest absolute Gasteiger partial charge is 0.508 e. The van der Waals surface area contributed by atoms with Crippen LogP contribution in [-0.4, -0.2) is 20.0 Å². The lowest BCUT2D eigenvalue weighted by Crippen LogP contribution is -1.99. The van der Waals surface area contributed by atoms with Gasteiger partial charge in [-0.3, -0.25) is 9.79 Å². The fourth-order valence-corrected chi connectivity index (χ4v) is 2.78. The van der Waals surface area contributed by atoms with Gasteiger partial charge in [0, 0.05) is 0 Å². The summed E-state index contributed by atoms with van der Waals surface area (Å²) in [5.74, 6) is 0.367. The Labute approximate surface area is 134 Å². The molecule has 2 aromatic rings. The predicted molar refractivity (Wildman–Crippen MR) is 85.6 cm³/mol. The van der Waals surface area contributed by atoms with Gasteiger partial charge in [0.15, 0.2) is 0 Å². The number of phenolic OH excluding ortho intramolecular Hbond substituents is 2. The van der Waals surface area contributed by atoms with E-state index >= 15 is 0 Å². The third-order valence-electron chi connectivity index (χ3n) is 3.55. The second kappa shape index (κ2) is 7.04. The molecule has 1 atom stereocenters. The van der Waals surface area contributed by atoms with E-state index in [1.165, 1.54) is 18.2 Å². The van der Waals surface area contributed by atoms with Gasteiger partial charge in [-0.2, -0.15) is 0 Å². The number of aryl methyl sites for hydroxylation is 1. The molecule has 0 radical (unpaired) electrons. The van der Waals surface area contributed by atoms with Crippen molar-refractivity contribution >= 4 is 7.82 Å². The molecule has 0 aliphatic rings. The summed E-state index contributed by atoms with van der Waals surface area (Å²) in [5, 5.41) is 19.1. The summed E-state index contributed by atoms with van der Waals surface area (Å²) in [5.41, 5.74) is 1.47. The highest BCUT2D eigenvalue weighted by atomic mass is 31.2. The van der Waals surface area contributed by atoms with Crippen LogP contribution in [0.2, 0.25) is 0 Å². The highest BCUT2D eigenvalue weighted by Crippen LogP contribution is 2.40. The molecule has 4 N–H and O–H groups in total. The Morgan fingerprint density at radius 2 is 1.78 bits per heavy atom. The standard InChI is InChI=1S/C16H19O6P/c1-11(12-3-2-4-14(17)9-12)5-6-13-10-15(18)7-8-16(13)22-23(19,20)21/h2-4,7-11,17-18H,5-6H2,1H3,(H2,19,20,21). The van der Waals surface area contributed by atoms with Crippen molar-refractivity contribution in [3.05, 3.63) is 53.6 Å². The molecule has 6 nitrogen and oxygen atoms in total. The lowest BCUT2D eigenvalue weighted by atomic mass is 9.93. The summed E-state index contributed by atoms with van der Waals surface area (Å²) < 4.78 is 15.7. The minimum absolute atomic E-state index is 0.00284. The third-order valence-corrected chi connectivity index (χ3v) is 3.98. The summed E-state index contributed by atoms with van der Waals surface area (Å²) in [7, 11) is -4.66. The van der Waals surface area contributed by atoms with E-state index < -0.39 is 7.82 Å². The van der Waals surface area contributed by atoms with Crippen LogP contribution in [0.5, 0.6) is 17.2 Å². The van der Waals surface area contributed by atoms with Crippen molar-refractivity contribution in [2.45, 2.75) is 25.7 Å². The van der Waals surface area contributed by atoms with Crippen molar-refractivity contribution in [2.75, 3.05) is 0 Å². The molecular formula is C16H19O6P. The van der Waals surface area contributed by atoms with E-state index in [1.807, 2.05) is 13.0 Å². The molecule has 2 aromatic carbocycles. The topological polar surface area (TPSA) is 107 Å². The van der Waals surface area contributed by atoms with Gasteiger partial charge in [-0.25, -0.2) is 4.57 Å². The molecule has 7 heteroatoms. The largest absolute Gasteiger partial charge is 0.524 e. The van der Waals surface area contributed by atoms with Gasteiger partial charge in [0.1, 0.15) is 17.2 Å². The summed E-state index contributed by atoms with van der Waals surface area (Å²) in [6.45, 7) is 1.99. The Balaban J connectivity index is 2.13. The summed E-state index contributed by atoms with van der Waals surface area (Å²) >= 11 is 0. The lowest BCUT2D eigenvalue weighted by Gasteiger charge is -2.15. The predicted octanol–water partition coefficient (Wildman–Crippen LogP) is 3.31. The number of hydrogen-bond acceptors (Lipinski definition) is 4. The van der Waals surface area contributed by atoms with Gasteiger partial charge < -0.3 is 14.7 Å². The minimum Gasteiger partial charge on any atom is -0.508 e. The van der Waals surface area contributed by atoms with Gasteiger partial charge in [0.2, 0.25) is 0 Å². The third kappa shape index (κ3) is 5.28. The molecule has 0 aliphatic carbocycles. The minimum atomic E-state index is -4.66. The number of benzene rings is 2. The van der Waals surface area contributed by atoms with E-state index in [2.05, 4.69) is 4.52 Å². The zero-order valence-corrected chi connectivity index (χ0v) is 13.5. The lowest BCUT2D eigenvalue weighted by molar-refractivity contribution is 0.282. The first-order valence-electron chi connectivity index (χ1n) is 7.10. The zero-order valence-electron chi connectivity index (χ0n) is 12.6. The normalized spacial score (nSPS) is 12.8. The van der Waals surface area contributed by atoms with Crippen molar-refractivity contribution in [1.29, 1.82) is 0 Å². The monoisotopic (exact) mass is 338 g/mol. The summed E-state index contributed by atoms with van der Waals surface area (Å²) in [6, 6.07) is 11.0. The maximum atomic E-state index is 11.0. The number of rotatable bonds is 6. The molecular weight excluding hydrogens is 319 g/mol. The van der Waals surface area contributed by atoms with Gasteiger partial charge in [-0.15, -0.1) is 0 Å². The first-order valence-corrected chi connectivity index (χ1v) is 8.63. The molecule has 23 heavy (non-hydrogen) atoms. The van der Waals surface area contributed by atoms with Crippen molar-refractivity contribution < 1.29 is 29.1 Å². The Morgan fingerprint density at radius 1 is 1.09 bits per heavy atom. The first-order chi connectivity index (χ1) is 10.7. The zero-order chi connectivity index (χ0) is 17.0. The summed E-state index contributed by atoms with van der Waals surface area (Å²) in [4.78, 5) is 17.9. The molecule has 2 rings (SSSR count). The van der Waals surface area contributed by atoms with Crippen molar-refractivity contribution in [3.8, 4) is 17.2 Å². The van der Waals surface area contributed by atoms with E-state index in [0.29, 0.717) is 18.4 Å². The van der Waals surface area contributed by atoms with E-state index in [1.54, 1.807) is 18.2 Å². The maximum Gasteiger partial charge on any atom is 0.524 e. The van der Waals surface area contributed by atoms with E-state index in [-0.39, 0.29) is 23.2 Å². The SMILES string of the molecule is CC(CCc1cc(O)ccc1OP(=O)(O)O)c1cccc(O)c1. The highest BCUT2D eigenvalue weighted by Gasteiger charge is 2.19. The van der Waals surface area contributed by atoms with Crippen LogP contribution in [0, 0.1) is 0 Å². The van der Waals surface area contributed by atoms with E-state index in [4.69, 9.17) is 9.79 Å². The highest BCUT2D eigenvalue weighted by molar-refractivity contribution is 7.46. The second-order valence-corrected chi connectivity index (χ2v) is 6.57. The van der Waals surface area contributed by atoms with E-state index in [0.717, 1.165) is 5.56 Å². The Kier molecular flexibility index (Phi) is 5.31. The fourth-order valence-electron chi connectivity index (χ4n) is 2.35. The van der Waals surface area contributed by atoms with Crippen LogP contribution < -0.4 is 4.52 Å². The maximum absolute atomic E-state index is 11.0. The van der Waals surface area contributed by atoms with Gasteiger partial charge in [0.25, 0.3) is 0 Å². The molecule has 0 bridgehead atoms. The van der Waals surface area contributed by atoms with E-state index in [9.17, 15) is 14.8 Å². The number of phosphoric acid groups is 1. The number of hydrogen-bond donors (Lipinski definition) is 4. The van der Waals surface area contributed by atoms with Gasteiger partial charge in [-0.1, -0.05) is 19.1 Å². The van der Waals surface area contributed by atoms with Crippen LogP contribution >= 0.6 is 7.82 Å². The first kappa shape index (κ1) is 17.3. The Bertz CT molecular complexity index is 724. The molecule has 0 saturated heterocycles. The van der Waals surface area contributed by atoms with Crippen LogP contribution in [0.4, 0.5) is 0 Å². The number of phosphoric ester groups is 1. The molecule has 0 fully saturated rings. The van der Waals surface area contributed by atoms with Crippen molar-refractivity contribution in [3.63, 3.8) is 0 Å². The molecule has 0 aliphatic heterocycles. The number of aromatic hydroxyl groups is 2. The van der Waals surface area contributed by atoms with Crippen molar-refractivity contribution in [2.24, 2.45) is 0 Å². The molecule has 0 aromatic heterocycles. The van der Waals surface area contributed by atoms with Crippen LogP contribution in [0.1, 0.15) is 30.4 Å². The quantitative estimate of drug-likeness (QED) is 0.602.